The highest BCUT2D eigenvalue weighted by molar-refractivity contribution is 5.47. The first-order chi connectivity index (χ1) is 10.2. The van der Waals surface area contributed by atoms with Crippen LogP contribution in [0.25, 0.3) is 11.5 Å². The summed E-state index contributed by atoms with van der Waals surface area (Å²) in [7, 11) is 0. The minimum atomic E-state index is -0.384. The lowest BCUT2D eigenvalue weighted by molar-refractivity contribution is 0.319. The van der Waals surface area contributed by atoms with Gasteiger partial charge in [-0.25, -0.2) is 9.37 Å². The molecule has 0 aliphatic carbocycles. The molecule has 2 rings (SSSR count). The van der Waals surface area contributed by atoms with Crippen LogP contribution in [0, 0.1) is 5.82 Å². The predicted molar refractivity (Wildman–Crippen MR) is 78.3 cm³/mol. The van der Waals surface area contributed by atoms with Crippen LogP contribution in [0.5, 0.6) is 0 Å². The van der Waals surface area contributed by atoms with Crippen molar-refractivity contribution in [1.82, 2.24) is 20.4 Å². The maximum atomic E-state index is 12.9. The third kappa shape index (κ3) is 3.85. The van der Waals surface area contributed by atoms with Gasteiger partial charge in [0.25, 0.3) is 0 Å². The molecule has 21 heavy (non-hydrogen) atoms. The van der Waals surface area contributed by atoms with E-state index in [1.807, 2.05) is 0 Å². The summed E-state index contributed by atoms with van der Waals surface area (Å²) in [4.78, 5) is 8.34. The summed E-state index contributed by atoms with van der Waals surface area (Å²) in [5.74, 6) is 0.697. The van der Waals surface area contributed by atoms with Gasteiger partial charge >= 0.3 is 0 Å². The molecule has 0 bridgehead atoms. The topological polar surface area (TPSA) is 63.8 Å². The molecule has 2 unspecified atom stereocenters. The van der Waals surface area contributed by atoms with Crippen molar-refractivity contribution >= 4 is 0 Å². The lowest BCUT2D eigenvalue weighted by Gasteiger charge is -2.20. The molecular weight excluding hydrogens is 271 g/mol. The van der Waals surface area contributed by atoms with Crippen molar-refractivity contribution < 1.29 is 8.91 Å². The van der Waals surface area contributed by atoms with Crippen molar-refractivity contribution in [2.45, 2.75) is 45.6 Å². The Balaban J connectivity index is 2.12. The maximum absolute atomic E-state index is 12.9. The van der Waals surface area contributed by atoms with Gasteiger partial charge in [0.05, 0.1) is 12.1 Å². The van der Waals surface area contributed by atoms with Crippen molar-refractivity contribution in [3.05, 3.63) is 30.0 Å². The van der Waals surface area contributed by atoms with E-state index < -0.39 is 0 Å². The van der Waals surface area contributed by atoms with Gasteiger partial charge in [0.15, 0.2) is 0 Å². The molecule has 0 aromatic carbocycles. The molecule has 0 saturated heterocycles. The summed E-state index contributed by atoms with van der Waals surface area (Å²) < 4.78 is 18.2. The Morgan fingerprint density at radius 2 is 2.14 bits per heavy atom. The van der Waals surface area contributed by atoms with Crippen LogP contribution in [-0.2, 0) is 0 Å². The second kappa shape index (κ2) is 7.26. The molecule has 0 amide bonds. The molecule has 2 aromatic rings. The highest BCUT2D eigenvalue weighted by Crippen LogP contribution is 2.22. The molecular formula is C15H21FN4O. The quantitative estimate of drug-likeness (QED) is 0.849. The smallest absolute Gasteiger partial charge is 0.231 e. The van der Waals surface area contributed by atoms with Crippen LogP contribution in [0.1, 0.15) is 45.4 Å². The van der Waals surface area contributed by atoms with Gasteiger partial charge in [0.2, 0.25) is 11.7 Å². The fourth-order valence-electron chi connectivity index (χ4n) is 2.21. The molecule has 0 spiro atoms. The van der Waals surface area contributed by atoms with E-state index in [0.29, 0.717) is 23.5 Å². The highest BCUT2D eigenvalue weighted by atomic mass is 19.1. The van der Waals surface area contributed by atoms with Gasteiger partial charge in [-0.1, -0.05) is 25.9 Å². The molecule has 114 valence electrons. The van der Waals surface area contributed by atoms with Crippen molar-refractivity contribution in [2.24, 2.45) is 0 Å². The number of rotatable bonds is 7. The third-order valence-corrected chi connectivity index (χ3v) is 3.49. The van der Waals surface area contributed by atoms with E-state index in [2.05, 4.69) is 41.2 Å². The van der Waals surface area contributed by atoms with Crippen LogP contribution in [0.4, 0.5) is 4.39 Å². The Morgan fingerprint density at radius 3 is 2.76 bits per heavy atom. The summed E-state index contributed by atoms with van der Waals surface area (Å²) in [6.07, 6.45) is 3.21. The maximum Gasteiger partial charge on any atom is 0.231 e. The zero-order chi connectivity index (χ0) is 15.2. The SMILES string of the molecule is CCCNC(CC)C(C)c1nc(-c2ccc(F)cn2)no1. The predicted octanol–water partition coefficient (Wildman–Crippen LogP) is 3.15. The molecule has 0 saturated carbocycles. The van der Waals surface area contributed by atoms with Crippen molar-refractivity contribution in [3.8, 4) is 11.5 Å². The van der Waals surface area contributed by atoms with Crippen molar-refractivity contribution in [2.75, 3.05) is 6.54 Å². The molecule has 5 nitrogen and oxygen atoms in total. The Kier molecular flexibility index (Phi) is 5.38. The van der Waals surface area contributed by atoms with Crippen molar-refractivity contribution in [1.29, 1.82) is 0 Å². The van der Waals surface area contributed by atoms with E-state index in [9.17, 15) is 4.39 Å². The molecule has 2 atom stereocenters. The first kappa shape index (κ1) is 15.6. The Hall–Kier alpha value is -1.82. The minimum absolute atomic E-state index is 0.114. The van der Waals surface area contributed by atoms with Crippen LogP contribution in [-0.4, -0.2) is 27.7 Å². The van der Waals surface area contributed by atoms with Gasteiger partial charge < -0.3 is 9.84 Å². The van der Waals surface area contributed by atoms with E-state index in [-0.39, 0.29) is 11.7 Å². The summed E-state index contributed by atoms with van der Waals surface area (Å²) in [5.41, 5.74) is 0.508. The molecule has 0 aliphatic heterocycles. The number of hydrogen-bond donors (Lipinski definition) is 1. The molecule has 1 N–H and O–H groups in total. The zero-order valence-corrected chi connectivity index (χ0v) is 12.6. The lowest BCUT2D eigenvalue weighted by atomic mass is 9.99. The van der Waals surface area contributed by atoms with E-state index in [4.69, 9.17) is 4.52 Å². The van der Waals surface area contributed by atoms with E-state index in [1.165, 1.54) is 6.07 Å². The Bertz CT molecular complexity index is 555. The van der Waals surface area contributed by atoms with Crippen LogP contribution >= 0.6 is 0 Å². The second-order valence-electron chi connectivity index (χ2n) is 5.08. The lowest BCUT2D eigenvalue weighted by Crippen LogP contribution is -2.33. The van der Waals surface area contributed by atoms with Gasteiger partial charge in [0, 0.05) is 6.04 Å². The first-order valence-electron chi connectivity index (χ1n) is 7.34. The number of nitrogens with one attached hydrogen (secondary N) is 1. The van der Waals surface area contributed by atoms with Crippen LogP contribution in [0.15, 0.2) is 22.9 Å². The van der Waals surface area contributed by atoms with Gasteiger partial charge in [0.1, 0.15) is 11.5 Å². The van der Waals surface area contributed by atoms with Gasteiger partial charge in [-0.2, -0.15) is 4.98 Å². The second-order valence-corrected chi connectivity index (χ2v) is 5.08. The normalized spacial score (nSPS) is 14.1. The Morgan fingerprint density at radius 1 is 1.33 bits per heavy atom. The van der Waals surface area contributed by atoms with Crippen LogP contribution in [0.2, 0.25) is 0 Å². The summed E-state index contributed by atoms with van der Waals surface area (Å²) in [6, 6.07) is 3.17. The molecule has 6 heteroatoms. The molecule has 2 aromatic heterocycles. The number of aromatic nitrogens is 3. The molecule has 0 fully saturated rings. The van der Waals surface area contributed by atoms with E-state index >= 15 is 0 Å². The fraction of sp³-hybridized carbons (Fsp3) is 0.533. The third-order valence-electron chi connectivity index (χ3n) is 3.49. The number of halogens is 1. The molecule has 0 aliphatic rings. The van der Waals surface area contributed by atoms with Gasteiger partial charge in [-0.15, -0.1) is 0 Å². The zero-order valence-electron chi connectivity index (χ0n) is 12.6. The molecule has 0 radical (unpaired) electrons. The highest BCUT2D eigenvalue weighted by Gasteiger charge is 2.23. The minimum Gasteiger partial charge on any atom is -0.339 e. The fourth-order valence-corrected chi connectivity index (χ4v) is 2.21. The van der Waals surface area contributed by atoms with Gasteiger partial charge in [-0.05, 0) is 31.5 Å². The van der Waals surface area contributed by atoms with Crippen LogP contribution in [0.3, 0.4) is 0 Å². The van der Waals surface area contributed by atoms with Crippen molar-refractivity contribution in [3.63, 3.8) is 0 Å². The Labute approximate surface area is 124 Å². The number of pyridine rings is 1. The largest absolute Gasteiger partial charge is 0.339 e. The number of hydrogen-bond acceptors (Lipinski definition) is 5. The van der Waals surface area contributed by atoms with E-state index in [1.54, 1.807) is 6.07 Å². The summed E-state index contributed by atoms with van der Waals surface area (Å²) in [5, 5.41) is 7.42. The summed E-state index contributed by atoms with van der Waals surface area (Å²) in [6.45, 7) is 7.29. The monoisotopic (exact) mass is 292 g/mol. The van der Waals surface area contributed by atoms with Crippen LogP contribution < -0.4 is 5.32 Å². The van der Waals surface area contributed by atoms with Gasteiger partial charge in [-0.3, -0.25) is 0 Å². The van der Waals surface area contributed by atoms with E-state index in [0.717, 1.165) is 25.6 Å². The average molecular weight is 292 g/mol. The average Bonchev–Trinajstić information content (AvgIpc) is 2.98. The first-order valence-corrected chi connectivity index (χ1v) is 7.34. The number of nitrogens with zero attached hydrogens (tertiary/aromatic N) is 3. The molecule has 2 heterocycles. The summed E-state index contributed by atoms with van der Waals surface area (Å²) >= 11 is 0. The standard InChI is InChI=1S/C15H21FN4O/c1-4-8-17-12(5-2)10(3)15-19-14(20-21-15)13-7-6-11(16)9-18-13/h6-7,9-10,12,17H,4-5,8H2,1-3H3.